The van der Waals surface area contributed by atoms with Gasteiger partial charge in [-0.25, -0.2) is 0 Å². The molecule has 4 fully saturated rings. The molecule has 0 bridgehead atoms. The summed E-state index contributed by atoms with van der Waals surface area (Å²) in [5.41, 5.74) is 2.84. The average molecular weight is 631 g/mol. The van der Waals surface area contributed by atoms with Crippen LogP contribution in [0.15, 0.2) is 28.7 Å². The van der Waals surface area contributed by atoms with Crippen molar-refractivity contribution in [3.8, 4) is 11.8 Å². The number of aryl methyl sites for hydroxylation is 1. The highest BCUT2D eigenvalue weighted by Gasteiger charge is 2.66. The van der Waals surface area contributed by atoms with Crippen molar-refractivity contribution in [3.63, 3.8) is 0 Å². The lowest BCUT2D eigenvalue weighted by molar-refractivity contribution is -0.218. The first-order chi connectivity index (χ1) is 21.9. The summed E-state index contributed by atoms with van der Waals surface area (Å²) < 4.78 is 24.8. The van der Waals surface area contributed by atoms with E-state index in [9.17, 15) is 0 Å². The quantitative estimate of drug-likeness (QED) is 0.287. The van der Waals surface area contributed by atoms with Crippen LogP contribution in [0.4, 0.5) is 0 Å². The molecule has 46 heavy (non-hydrogen) atoms. The van der Waals surface area contributed by atoms with Gasteiger partial charge in [0, 0.05) is 38.7 Å². The molecule has 11 atom stereocenters. The normalized spacial score (nSPS) is 37.8. The smallest absolute Gasteiger partial charge is 0.294 e. The van der Waals surface area contributed by atoms with E-state index in [1.807, 2.05) is 21.3 Å². The molecule has 4 aliphatic carbocycles. The van der Waals surface area contributed by atoms with Crippen molar-refractivity contribution in [3.05, 3.63) is 47.2 Å². The molecule has 0 saturated heterocycles. The second kappa shape index (κ2) is 13.0. The van der Waals surface area contributed by atoms with Crippen LogP contribution in [-0.4, -0.2) is 49.8 Å². The molecule has 1 aromatic carbocycles. The fourth-order valence-corrected chi connectivity index (χ4v) is 11.0. The molecule has 6 nitrogen and oxygen atoms in total. The average Bonchev–Trinajstić information content (AvgIpc) is 3.65. The van der Waals surface area contributed by atoms with Crippen LogP contribution in [0.5, 0.6) is 0 Å². The molecule has 6 rings (SSSR count). The Kier molecular flexibility index (Phi) is 9.53. The van der Waals surface area contributed by atoms with Gasteiger partial charge in [0.25, 0.3) is 5.89 Å². The molecule has 0 spiro atoms. The van der Waals surface area contributed by atoms with Gasteiger partial charge >= 0.3 is 0 Å². The zero-order valence-electron chi connectivity index (χ0n) is 29.9. The highest BCUT2D eigenvalue weighted by Crippen LogP contribution is 2.69. The van der Waals surface area contributed by atoms with Gasteiger partial charge in [-0.05, 0) is 121 Å². The lowest BCUT2D eigenvalue weighted by atomic mass is 9.43. The van der Waals surface area contributed by atoms with E-state index in [2.05, 4.69) is 87.8 Å². The predicted molar refractivity (Wildman–Crippen MR) is 181 cm³/mol. The number of ether oxygens (including phenoxy) is 3. The molecule has 0 radical (unpaired) electrons. The lowest BCUT2D eigenvalue weighted by Crippen LogP contribution is -2.63. The molecule has 4 aliphatic rings. The zero-order chi connectivity index (χ0) is 32.9. The van der Waals surface area contributed by atoms with Crippen LogP contribution in [0, 0.1) is 58.2 Å². The van der Waals surface area contributed by atoms with E-state index >= 15 is 0 Å². The van der Waals surface area contributed by atoms with E-state index in [1.54, 1.807) is 0 Å². The van der Waals surface area contributed by atoms with Crippen LogP contribution in [-0.2, 0) is 26.0 Å². The number of fused-ring (bicyclic) bond motifs is 5. The minimum atomic E-state index is 0.124. The number of hydrogen-bond acceptors (Lipinski definition) is 6. The Balaban J connectivity index is 1.14. The lowest BCUT2D eigenvalue weighted by Gasteiger charge is -2.64. The second-order valence-corrected chi connectivity index (χ2v) is 16.7. The minimum absolute atomic E-state index is 0.124. The maximum absolute atomic E-state index is 6.50. The number of aromatic nitrogens is 2. The standard InChI is InChI=1S/C40H58N2O4/c1-25(10-18-35-41-42-36(46-35)19-13-26-11-14-27(15-12-26)38(2,3)4)30-16-17-31-37-32(24-34(45-9)40(30,31)6)39(5)21-20-29(43-7)22-28(39)23-33(37)44-8/h11-12,14-15,25,28-34,37H,10,16-18,20-24H2,1-9H3/t25-,28+,29-,30-,31+,32+,33-,34+,37+,39+,40-/m1/s1. The summed E-state index contributed by atoms with van der Waals surface area (Å²) in [4.78, 5) is 0. The maximum Gasteiger partial charge on any atom is 0.294 e. The van der Waals surface area contributed by atoms with Crippen LogP contribution in [0.25, 0.3) is 0 Å². The van der Waals surface area contributed by atoms with Gasteiger partial charge in [-0.15, -0.1) is 5.10 Å². The monoisotopic (exact) mass is 630 g/mol. The van der Waals surface area contributed by atoms with Gasteiger partial charge in [0.15, 0.2) is 0 Å². The molecule has 0 amide bonds. The summed E-state index contributed by atoms with van der Waals surface area (Å²) in [5, 5.41) is 8.61. The molecule has 1 aromatic heterocycles. The van der Waals surface area contributed by atoms with Crippen molar-refractivity contribution in [2.75, 3.05) is 21.3 Å². The van der Waals surface area contributed by atoms with Crippen molar-refractivity contribution in [2.45, 2.75) is 123 Å². The highest BCUT2D eigenvalue weighted by atomic mass is 16.5. The molecular weight excluding hydrogens is 572 g/mol. The largest absolute Gasteiger partial charge is 0.414 e. The molecule has 4 saturated carbocycles. The van der Waals surface area contributed by atoms with Gasteiger partial charge < -0.3 is 18.6 Å². The highest BCUT2D eigenvalue weighted by molar-refractivity contribution is 5.40. The van der Waals surface area contributed by atoms with Crippen LogP contribution in [0.1, 0.15) is 116 Å². The maximum atomic E-state index is 6.50. The Labute approximate surface area is 278 Å². The second-order valence-electron chi connectivity index (χ2n) is 16.7. The SMILES string of the molecule is CO[C@@H]1CC[C@@]2(C)[C@@H](C1)C[C@@H](OC)[C@@H]1[C@@H]2C[C@H](OC)[C@]2(C)[C@@H]([C@H](C)CCc3nnc(C#Cc4ccc(C(C)(C)C)cc4)o3)CC[C@@H]12. The Morgan fingerprint density at radius 2 is 1.67 bits per heavy atom. The van der Waals surface area contributed by atoms with E-state index in [0.717, 1.165) is 24.8 Å². The fourth-order valence-electron chi connectivity index (χ4n) is 11.0. The first-order valence-electron chi connectivity index (χ1n) is 18.0. The van der Waals surface area contributed by atoms with Gasteiger partial charge in [-0.3, -0.25) is 0 Å². The number of benzene rings is 1. The van der Waals surface area contributed by atoms with Crippen molar-refractivity contribution in [1.82, 2.24) is 10.2 Å². The number of methoxy groups -OCH3 is 3. The number of nitrogens with zero attached hydrogens (tertiary/aromatic N) is 2. The Morgan fingerprint density at radius 1 is 0.913 bits per heavy atom. The summed E-state index contributed by atoms with van der Waals surface area (Å²) in [6.07, 6.45) is 11.2. The fraction of sp³-hybridized carbons (Fsp3) is 0.750. The topological polar surface area (TPSA) is 66.6 Å². The molecular formula is C40H58N2O4. The van der Waals surface area contributed by atoms with Crippen molar-refractivity contribution >= 4 is 0 Å². The molecule has 6 heteroatoms. The summed E-state index contributed by atoms with van der Waals surface area (Å²) >= 11 is 0. The molecule has 252 valence electrons. The van der Waals surface area contributed by atoms with Crippen LogP contribution in [0.3, 0.4) is 0 Å². The van der Waals surface area contributed by atoms with Gasteiger partial charge in [0.05, 0.1) is 18.3 Å². The van der Waals surface area contributed by atoms with Crippen molar-refractivity contribution in [1.29, 1.82) is 0 Å². The van der Waals surface area contributed by atoms with Gasteiger partial charge in [0.1, 0.15) is 0 Å². The van der Waals surface area contributed by atoms with E-state index in [1.165, 1.54) is 44.1 Å². The predicted octanol–water partition coefficient (Wildman–Crippen LogP) is 8.26. The first-order valence-corrected chi connectivity index (χ1v) is 18.0. The third-order valence-corrected chi connectivity index (χ3v) is 13.7. The first kappa shape index (κ1) is 33.7. The number of hydrogen-bond donors (Lipinski definition) is 0. The summed E-state index contributed by atoms with van der Waals surface area (Å²) in [5.74, 6) is 11.0. The molecule has 2 aromatic rings. The van der Waals surface area contributed by atoms with Gasteiger partial charge in [0.2, 0.25) is 5.89 Å². The van der Waals surface area contributed by atoms with Crippen LogP contribution in [0.2, 0.25) is 0 Å². The zero-order valence-corrected chi connectivity index (χ0v) is 29.9. The summed E-state index contributed by atoms with van der Waals surface area (Å²) in [6, 6.07) is 8.42. The van der Waals surface area contributed by atoms with Crippen LogP contribution >= 0.6 is 0 Å². The third-order valence-electron chi connectivity index (χ3n) is 13.7. The molecule has 0 unspecified atom stereocenters. The van der Waals surface area contributed by atoms with E-state index in [-0.39, 0.29) is 16.9 Å². The van der Waals surface area contributed by atoms with Gasteiger partial charge in [-0.2, -0.15) is 0 Å². The van der Waals surface area contributed by atoms with E-state index < -0.39 is 0 Å². The summed E-state index contributed by atoms with van der Waals surface area (Å²) in [6.45, 7) is 14.3. The van der Waals surface area contributed by atoms with Crippen LogP contribution < -0.4 is 0 Å². The molecule has 0 N–H and O–H groups in total. The summed E-state index contributed by atoms with van der Waals surface area (Å²) in [7, 11) is 5.81. The molecule has 1 heterocycles. The van der Waals surface area contributed by atoms with Crippen molar-refractivity contribution < 1.29 is 18.6 Å². The van der Waals surface area contributed by atoms with Gasteiger partial charge in [-0.1, -0.05) is 64.7 Å². The third kappa shape index (κ3) is 5.99. The number of rotatable bonds is 7. The Hall–Kier alpha value is -2.20. The Bertz CT molecular complexity index is 1400. The van der Waals surface area contributed by atoms with E-state index in [4.69, 9.17) is 18.6 Å². The van der Waals surface area contributed by atoms with E-state index in [0.29, 0.717) is 64.9 Å². The van der Waals surface area contributed by atoms with Crippen molar-refractivity contribution in [2.24, 2.45) is 46.3 Å². The molecule has 0 aliphatic heterocycles. The Morgan fingerprint density at radius 3 is 2.35 bits per heavy atom. The minimum Gasteiger partial charge on any atom is -0.414 e.